The lowest BCUT2D eigenvalue weighted by atomic mass is 9.33. The van der Waals surface area contributed by atoms with E-state index in [1.807, 2.05) is 23.5 Å². The molecule has 4 aliphatic heterocycles. The highest BCUT2D eigenvalue weighted by Gasteiger charge is 2.39. The van der Waals surface area contributed by atoms with Crippen LogP contribution in [0.3, 0.4) is 0 Å². The van der Waals surface area contributed by atoms with Crippen molar-refractivity contribution in [1.82, 2.24) is 0 Å². The van der Waals surface area contributed by atoms with Crippen molar-refractivity contribution < 1.29 is 0 Å². The third kappa shape index (κ3) is 3.32. The van der Waals surface area contributed by atoms with Gasteiger partial charge in [-0.3, -0.25) is 0 Å². The molecule has 4 heteroatoms. The summed E-state index contributed by atoms with van der Waals surface area (Å²) in [5.41, 5.74) is 16.7. The van der Waals surface area contributed by atoms with Gasteiger partial charge in [-0.05, 0) is 96.2 Å². The predicted molar refractivity (Wildman–Crippen MR) is 208 cm³/mol. The van der Waals surface area contributed by atoms with Crippen molar-refractivity contribution in [3.63, 3.8) is 0 Å². The first-order valence-corrected chi connectivity index (χ1v) is 18.4. The van der Waals surface area contributed by atoms with Crippen molar-refractivity contribution in [2.75, 3.05) is 0 Å². The molecule has 218 valence electrons. The van der Waals surface area contributed by atoms with Crippen LogP contribution in [0, 0.1) is 0 Å². The van der Waals surface area contributed by atoms with Gasteiger partial charge >= 0.3 is 0 Å². The van der Waals surface area contributed by atoms with Crippen molar-refractivity contribution in [2.24, 2.45) is 0 Å². The molecule has 0 amide bonds. The van der Waals surface area contributed by atoms with E-state index in [1.54, 1.807) is 0 Å². The largest absolute Gasteiger partial charge is 0.245 e. The molecule has 0 spiro atoms. The van der Waals surface area contributed by atoms with E-state index < -0.39 is 0 Å². The molecule has 4 aliphatic rings. The Labute approximate surface area is 288 Å². The van der Waals surface area contributed by atoms with E-state index in [-0.39, 0.29) is 13.4 Å². The van der Waals surface area contributed by atoms with Crippen LogP contribution in [0.4, 0.5) is 0 Å². The zero-order valence-corrected chi connectivity index (χ0v) is 27.5. The van der Waals surface area contributed by atoms with Gasteiger partial charge in [0.2, 0.25) is 13.4 Å². The average Bonchev–Trinajstić information content (AvgIpc) is 3.15. The summed E-state index contributed by atoms with van der Waals surface area (Å²) in [5, 5.41) is 5.52. The van der Waals surface area contributed by atoms with E-state index in [0.717, 1.165) is 0 Å². The molecule has 0 saturated heterocycles. The maximum Gasteiger partial charge on any atom is 0.245 e. The summed E-state index contributed by atoms with van der Waals surface area (Å²) in [5.74, 6) is 0. The van der Waals surface area contributed by atoms with E-state index >= 15 is 0 Å². The van der Waals surface area contributed by atoms with Crippen LogP contribution < -0.4 is 32.8 Å². The van der Waals surface area contributed by atoms with Gasteiger partial charge < -0.3 is 0 Å². The SMILES string of the molecule is c1ccc2c(c1)Sc1ccc3cccc4c3c1B2c1ccc(-c2ccc3c(c2)Sc2ccc5cccc6c5c2B3c2ccccc2-6)cc1-4. The second-order valence-corrected chi connectivity index (χ2v) is 15.7. The third-order valence-corrected chi connectivity index (χ3v) is 13.5. The first-order chi connectivity index (χ1) is 23.8. The maximum atomic E-state index is 2.48. The minimum atomic E-state index is 0.246. The summed E-state index contributed by atoms with van der Waals surface area (Å²) in [6.45, 7) is 0.498. The number of hydrogen-bond donors (Lipinski definition) is 0. The normalized spacial score (nSPS) is 14.0. The summed E-state index contributed by atoms with van der Waals surface area (Å²) in [4.78, 5) is 5.52. The Balaban J connectivity index is 1.05. The first kappa shape index (κ1) is 26.1. The van der Waals surface area contributed by atoms with Crippen LogP contribution in [0.25, 0.3) is 54.9 Å². The van der Waals surface area contributed by atoms with E-state index in [2.05, 4.69) is 146 Å². The Morgan fingerprint density at radius 3 is 1.62 bits per heavy atom. The van der Waals surface area contributed by atoms with Gasteiger partial charge in [0.05, 0.1) is 0 Å². The van der Waals surface area contributed by atoms with Gasteiger partial charge in [-0.15, -0.1) is 0 Å². The fourth-order valence-electron chi connectivity index (χ4n) is 9.24. The molecule has 8 aromatic rings. The van der Waals surface area contributed by atoms with Gasteiger partial charge in [0.1, 0.15) is 0 Å². The van der Waals surface area contributed by atoms with E-state index in [9.17, 15) is 0 Å². The Kier molecular flexibility index (Phi) is 5.10. The molecule has 0 atom stereocenters. The van der Waals surface area contributed by atoms with Crippen molar-refractivity contribution in [1.29, 1.82) is 0 Å². The molecule has 4 heterocycles. The lowest BCUT2D eigenvalue weighted by Crippen LogP contribution is -2.57. The number of benzene rings is 8. The van der Waals surface area contributed by atoms with Crippen molar-refractivity contribution >= 4 is 91.3 Å². The molecule has 12 rings (SSSR count). The maximum absolute atomic E-state index is 2.48. The minimum absolute atomic E-state index is 0.246. The van der Waals surface area contributed by atoms with E-state index in [1.165, 1.54) is 107 Å². The lowest BCUT2D eigenvalue weighted by Gasteiger charge is -2.34. The summed E-state index contributed by atoms with van der Waals surface area (Å²) >= 11 is 3.87. The number of fused-ring (bicyclic) bond motifs is 10. The molecule has 0 aromatic heterocycles. The molecule has 0 fully saturated rings. The topological polar surface area (TPSA) is 0 Å². The smallest absolute Gasteiger partial charge is 0.0911 e. The summed E-state index contributed by atoms with van der Waals surface area (Å²) < 4.78 is 0. The molecule has 0 nitrogen and oxygen atoms in total. The van der Waals surface area contributed by atoms with Gasteiger partial charge in [0.15, 0.2) is 0 Å². The van der Waals surface area contributed by atoms with Gasteiger partial charge in [0, 0.05) is 19.6 Å². The van der Waals surface area contributed by atoms with Crippen LogP contribution in [0.5, 0.6) is 0 Å². The van der Waals surface area contributed by atoms with Crippen LogP contribution in [0.1, 0.15) is 0 Å². The first-order valence-electron chi connectivity index (χ1n) is 16.7. The highest BCUT2D eigenvalue weighted by atomic mass is 32.2. The fourth-order valence-corrected chi connectivity index (χ4v) is 11.6. The van der Waals surface area contributed by atoms with Gasteiger partial charge in [-0.1, -0.05) is 161 Å². The lowest BCUT2D eigenvalue weighted by molar-refractivity contribution is 1.43. The monoisotopic (exact) mass is 638 g/mol. The molecule has 0 aliphatic carbocycles. The van der Waals surface area contributed by atoms with Crippen LogP contribution >= 0.6 is 23.5 Å². The highest BCUT2D eigenvalue weighted by molar-refractivity contribution is 8.00. The zero-order chi connectivity index (χ0) is 31.1. The van der Waals surface area contributed by atoms with E-state index in [4.69, 9.17) is 0 Å². The fraction of sp³-hybridized carbons (Fsp3) is 0. The summed E-state index contributed by atoms with van der Waals surface area (Å²) in [7, 11) is 0. The van der Waals surface area contributed by atoms with Crippen molar-refractivity contribution in [3.05, 3.63) is 146 Å². The van der Waals surface area contributed by atoms with Crippen LogP contribution in [0.15, 0.2) is 165 Å². The van der Waals surface area contributed by atoms with E-state index in [0.29, 0.717) is 0 Å². The molecule has 8 aromatic carbocycles. The van der Waals surface area contributed by atoms with Gasteiger partial charge in [-0.25, -0.2) is 0 Å². The molecule has 48 heavy (non-hydrogen) atoms. The zero-order valence-electron chi connectivity index (χ0n) is 25.8. The Bertz CT molecular complexity index is 2760. The minimum Gasteiger partial charge on any atom is -0.0911 e. The Morgan fingerprint density at radius 1 is 0.333 bits per heavy atom. The number of hydrogen-bond acceptors (Lipinski definition) is 2. The molecule has 0 bridgehead atoms. The predicted octanol–water partition coefficient (Wildman–Crippen LogP) is 7.58. The Hall–Kier alpha value is -4.89. The van der Waals surface area contributed by atoms with Crippen molar-refractivity contribution in [3.8, 4) is 33.4 Å². The van der Waals surface area contributed by atoms with Crippen LogP contribution in [0.2, 0.25) is 0 Å². The summed E-state index contributed by atoms with van der Waals surface area (Å²) in [6.07, 6.45) is 0. The van der Waals surface area contributed by atoms with Crippen LogP contribution in [-0.4, -0.2) is 13.4 Å². The molecular formula is C44H24B2S2. The third-order valence-electron chi connectivity index (χ3n) is 11.2. The highest BCUT2D eigenvalue weighted by Crippen LogP contribution is 2.42. The second kappa shape index (κ2) is 9.38. The summed E-state index contributed by atoms with van der Waals surface area (Å²) in [6, 6.07) is 55.6. The quantitative estimate of drug-likeness (QED) is 0.170. The Morgan fingerprint density at radius 2 is 0.875 bits per heavy atom. The van der Waals surface area contributed by atoms with Crippen LogP contribution in [-0.2, 0) is 0 Å². The van der Waals surface area contributed by atoms with Crippen molar-refractivity contribution in [2.45, 2.75) is 19.6 Å². The standard InChI is InChI=1S/C44H24B2S2/c1-2-12-33-29(9-1)30-10-5-7-25-18-22-39-44(41(25)30)45(33)36-20-16-28(24-40(36)48-39)27-15-19-34-32(23-27)31-11-6-8-26-17-21-38-43(42(26)31)46(34)35-13-3-4-14-37(35)47-38/h1-24H. The number of rotatable bonds is 1. The molecule has 0 N–H and O–H groups in total. The second-order valence-electron chi connectivity index (χ2n) is 13.5. The molecule has 0 radical (unpaired) electrons. The average molecular weight is 638 g/mol. The van der Waals surface area contributed by atoms with Gasteiger partial charge in [0.25, 0.3) is 0 Å². The molecule has 0 unspecified atom stereocenters. The van der Waals surface area contributed by atoms with Gasteiger partial charge in [-0.2, -0.15) is 0 Å². The molecular weight excluding hydrogens is 614 g/mol. The molecule has 0 saturated carbocycles.